The highest BCUT2D eigenvalue weighted by atomic mass is 32.2. The highest BCUT2D eigenvalue weighted by molar-refractivity contribution is 7.99. The molecular weight excluding hydrogens is 344 g/mol. The van der Waals surface area contributed by atoms with Gasteiger partial charge in [0, 0.05) is 23.7 Å². The van der Waals surface area contributed by atoms with Crippen molar-refractivity contribution >= 4 is 28.6 Å². The number of anilines is 1. The number of imidazole rings is 1. The van der Waals surface area contributed by atoms with Gasteiger partial charge in [-0.2, -0.15) is 0 Å². The molecule has 0 unspecified atom stereocenters. The lowest BCUT2D eigenvalue weighted by Gasteiger charge is -2.12. The number of hydrogen-bond acceptors (Lipinski definition) is 5. The molecule has 26 heavy (non-hydrogen) atoms. The van der Waals surface area contributed by atoms with Gasteiger partial charge in [-0.1, -0.05) is 18.2 Å². The molecule has 0 atom stereocenters. The van der Waals surface area contributed by atoms with Gasteiger partial charge in [-0.15, -0.1) is 11.8 Å². The Bertz CT molecular complexity index is 877. The molecule has 0 radical (unpaired) electrons. The maximum absolute atomic E-state index is 6.14. The number of nitrogen functional groups attached to an aromatic ring is 1. The number of rotatable bonds is 8. The summed E-state index contributed by atoms with van der Waals surface area (Å²) in [7, 11) is 0. The predicted molar refractivity (Wildman–Crippen MR) is 109 cm³/mol. The van der Waals surface area contributed by atoms with Gasteiger partial charge in [-0.3, -0.25) is 0 Å². The third-order valence-corrected chi connectivity index (χ3v) is 5.55. The van der Waals surface area contributed by atoms with E-state index in [-0.39, 0.29) is 0 Å². The largest absolute Gasteiger partial charge is 0.382 e. The minimum Gasteiger partial charge on any atom is -0.382 e. The lowest BCUT2D eigenvalue weighted by atomic mass is 10.2. The van der Waals surface area contributed by atoms with Crippen LogP contribution >= 0.6 is 11.8 Å². The number of nitrogens with zero attached hydrogens (tertiary/aromatic N) is 3. The quantitative estimate of drug-likeness (QED) is 0.472. The second kappa shape index (κ2) is 8.56. The van der Waals surface area contributed by atoms with E-state index < -0.39 is 0 Å². The smallest absolute Gasteiger partial charge is 0.151 e. The minimum atomic E-state index is 0.495. The standard InChI is InChI=1S/C20H26N4OS/c1-4-25-13-17-23-18-19(14(2)15(3)22-20(18)21)24(17)11-8-12-26-16-9-6-5-7-10-16/h5-7,9-10H,4,8,11-13H2,1-3H3,(H2,21,22). The molecule has 0 amide bonds. The van der Waals surface area contributed by atoms with Gasteiger partial charge in [-0.05, 0) is 50.6 Å². The normalized spacial score (nSPS) is 11.3. The zero-order valence-electron chi connectivity index (χ0n) is 15.7. The third kappa shape index (κ3) is 4.02. The molecular formula is C20H26N4OS. The van der Waals surface area contributed by atoms with E-state index in [9.17, 15) is 0 Å². The van der Waals surface area contributed by atoms with Crippen molar-refractivity contribution in [1.29, 1.82) is 0 Å². The lowest BCUT2D eigenvalue weighted by Crippen LogP contribution is -2.08. The van der Waals surface area contributed by atoms with Crippen molar-refractivity contribution in [2.24, 2.45) is 0 Å². The molecule has 3 aromatic rings. The first-order valence-electron chi connectivity index (χ1n) is 8.99. The van der Waals surface area contributed by atoms with Crippen LogP contribution in [0.5, 0.6) is 0 Å². The first-order valence-corrected chi connectivity index (χ1v) is 9.97. The number of fused-ring (bicyclic) bond motifs is 1. The van der Waals surface area contributed by atoms with Crippen molar-refractivity contribution < 1.29 is 4.74 Å². The fourth-order valence-electron chi connectivity index (χ4n) is 3.02. The van der Waals surface area contributed by atoms with E-state index in [1.807, 2.05) is 31.7 Å². The highest BCUT2D eigenvalue weighted by Gasteiger charge is 2.17. The molecule has 0 aliphatic rings. The minimum absolute atomic E-state index is 0.495. The summed E-state index contributed by atoms with van der Waals surface area (Å²) in [5, 5.41) is 0. The summed E-state index contributed by atoms with van der Waals surface area (Å²) < 4.78 is 7.89. The van der Waals surface area contributed by atoms with Crippen LogP contribution in [0.1, 0.15) is 30.4 Å². The van der Waals surface area contributed by atoms with Crippen LogP contribution in [0, 0.1) is 13.8 Å². The van der Waals surface area contributed by atoms with Crippen LogP contribution in [0.25, 0.3) is 11.0 Å². The van der Waals surface area contributed by atoms with E-state index in [4.69, 9.17) is 15.5 Å². The van der Waals surface area contributed by atoms with Crippen LogP contribution in [0.2, 0.25) is 0 Å². The number of hydrogen-bond donors (Lipinski definition) is 1. The average Bonchev–Trinajstić information content (AvgIpc) is 3.01. The van der Waals surface area contributed by atoms with E-state index >= 15 is 0 Å². The molecule has 0 fully saturated rings. The average molecular weight is 371 g/mol. The molecule has 138 valence electrons. The van der Waals surface area contributed by atoms with Gasteiger partial charge in [0.2, 0.25) is 0 Å². The first-order chi connectivity index (χ1) is 12.6. The van der Waals surface area contributed by atoms with Gasteiger partial charge in [0.05, 0.1) is 5.52 Å². The van der Waals surface area contributed by atoms with Crippen LogP contribution in [-0.2, 0) is 17.9 Å². The lowest BCUT2D eigenvalue weighted by molar-refractivity contribution is 0.126. The summed E-state index contributed by atoms with van der Waals surface area (Å²) in [5.74, 6) is 2.48. The summed E-state index contributed by atoms with van der Waals surface area (Å²) in [5.41, 5.74) is 10.1. The fraction of sp³-hybridized carbons (Fsp3) is 0.400. The Morgan fingerprint density at radius 3 is 2.65 bits per heavy atom. The van der Waals surface area contributed by atoms with Crippen LogP contribution in [0.3, 0.4) is 0 Å². The number of benzene rings is 1. The fourth-order valence-corrected chi connectivity index (χ4v) is 3.88. The second-order valence-corrected chi connectivity index (χ2v) is 7.40. The van der Waals surface area contributed by atoms with E-state index in [1.54, 1.807) is 0 Å². The van der Waals surface area contributed by atoms with Crippen LogP contribution in [-0.4, -0.2) is 26.9 Å². The molecule has 3 rings (SSSR count). The van der Waals surface area contributed by atoms with Gasteiger partial charge in [0.25, 0.3) is 0 Å². The molecule has 2 heterocycles. The van der Waals surface area contributed by atoms with Crippen molar-refractivity contribution in [2.45, 2.75) is 45.2 Å². The molecule has 5 nitrogen and oxygen atoms in total. The number of ether oxygens (including phenoxy) is 1. The van der Waals surface area contributed by atoms with Gasteiger partial charge in [0.15, 0.2) is 5.82 Å². The van der Waals surface area contributed by atoms with Gasteiger partial charge in [0.1, 0.15) is 17.9 Å². The summed E-state index contributed by atoms with van der Waals surface area (Å²) >= 11 is 1.88. The van der Waals surface area contributed by atoms with Crippen LogP contribution in [0.4, 0.5) is 5.82 Å². The molecule has 0 bridgehead atoms. The van der Waals surface area contributed by atoms with Crippen molar-refractivity contribution in [3.05, 3.63) is 47.4 Å². The van der Waals surface area contributed by atoms with Crippen LogP contribution < -0.4 is 5.73 Å². The van der Waals surface area contributed by atoms with Crippen molar-refractivity contribution in [3.8, 4) is 0 Å². The number of aromatic nitrogens is 3. The van der Waals surface area contributed by atoms with E-state index in [2.05, 4.69) is 40.7 Å². The Kier molecular flexibility index (Phi) is 6.16. The number of thioether (sulfide) groups is 1. The molecule has 0 saturated heterocycles. The molecule has 0 aliphatic carbocycles. The number of aryl methyl sites for hydroxylation is 3. The Morgan fingerprint density at radius 1 is 1.15 bits per heavy atom. The van der Waals surface area contributed by atoms with E-state index in [1.165, 1.54) is 4.90 Å². The predicted octanol–water partition coefficient (Wildman–Crippen LogP) is 4.35. The van der Waals surface area contributed by atoms with Gasteiger partial charge in [-0.25, -0.2) is 9.97 Å². The maximum atomic E-state index is 6.14. The van der Waals surface area contributed by atoms with Crippen molar-refractivity contribution in [3.63, 3.8) is 0 Å². The molecule has 0 spiro atoms. The SMILES string of the molecule is CCOCc1nc2c(N)nc(C)c(C)c2n1CCCSc1ccccc1. The summed E-state index contributed by atoms with van der Waals surface area (Å²) in [6.07, 6.45) is 1.05. The Hall–Kier alpha value is -2.05. The Morgan fingerprint density at radius 2 is 1.92 bits per heavy atom. The summed E-state index contributed by atoms with van der Waals surface area (Å²) in [6.45, 7) is 8.13. The molecule has 2 aromatic heterocycles. The number of pyridine rings is 1. The Labute approximate surface area is 159 Å². The van der Waals surface area contributed by atoms with Gasteiger partial charge >= 0.3 is 0 Å². The summed E-state index contributed by atoms with van der Waals surface area (Å²) in [6, 6.07) is 10.5. The zero-order valence-corrected chi connectivity index (χ0v) is 16.5. The van der Waals surface area contributed by atoms with Crippen LogP contribution in [0.15, 0.2) is 35.2 Å². The third-order valence-electron chi connectivity index (χ3n) is 4.45. The number of nitrogens with two attached hydrogens (primary N) is 1. The first kappa shape index (κ1) is 18.7. The maximum Gasteiger partial charge on any atom is 0.151 e. The van der Waals surface area contributed by atoms with E-state index in [0.717, 1.165) is 46.8 Å². The van der Waals surface area contributed by atoms with E-state index in [0.29, 0.717) is 19.0 Å². The van der Waals surface area contributed by atoms with Crippen molar-refractivity contribution in [1.82, 2.24) is 14.5 Å². The molecule has 2 N–H and O–H groups in total. The second-order valence-electron chi connectivity index (χ2n) is 6.24. The topological polar surface area (TPSA) is 66.0 Å². The molecule has 0 aliphatic heterocycles. The zero-order chi connectivity index (χ0) is 18.5. The Balaban J connectivity index is 1.82. The van der Waals surface area contributed by atoms with Gasteiger partial charge < -0.3 is 15.0 Å². The highest BCUT2D eigenvalue weighted by Crippen LogP contribution is 2.27. The summed E-state index contributed by atoms with van der Waals surface area (Å²) in [4.78, 5) is 10.5. The molecule has 1 aromatic carbocycles. The molecule has 6 heteroatoms. The monoisotopic (exact) mass is 370 g/mol. The molecule has 0 saturated carbocycles. The van der Waals surface area contributed by atoms with Crippen molar-refractivity contribution in [2.75, 3.05) is 18.1 Å².